The second kappa shape index (κ2) is 7.36. The molecule has 0 unspecified atom stereocenters. The van der Waals surface area contributed by atoms with Gasteiger partial charge in [0.1, 0.15) is 6.10 Å². The van der Waals surface area contributed by atoms with Crippen LogP contribution in [0.1, 0.15) is 25.3 Å². The summed E-state index contributed by atoms with van der Waals surface area (Å²) in [5, 5.41) is 0. The van der Waals surface area contributed by atoms with Gasteiger partial charge in [-0.25, -0.2) is 0 Å². The Hall–Kier alpha value is -1.26. The van der Waals surface area contributed by atoms with Crippen molar-refractivity contribution in [1.29, 1.82) is 0 Å². The zero-order valence-corrected chi connectivity index (χ0v) is 11.6. The molecule has 106 valence electrons. The third kappa shape index (κ3) is 4.11. The van der Waals surface area contributed by atoms with Gasteiger partial charge in [0.05, 0.1) is 19.8 Å². The van der Waals surface area contributed by atoms with Gasteiger partial charge in [0, 0.05) is 12.8 Å². The van der Waals surface area contributed by atoms with E-state index in [-0.39, 0.29) is 6.10 Å². The Morgan fingerprint density at radius 3 is 2.74 bits per heavy atom. The van der Waals surface area contributed by atoms with Gasteiger partial charge < -0.3 is 19.9 Å². The maximum absolute atomic E-state index is 6.04. The van der Waals surface area contributed by atoms with Gasteiger partial charge >= 0.3 is 0 Å². The summed E-state index contributed by atoms with van der Waals surface area (Å²) in [5.41, 5.74) is 6.77. The largest absolute Gasteiger partial charge is 0.490 e. The van der Waals surface area contributed by atoms with Crippen LogP contribution in [0.4, 0.5) is 0 Å². The minimum absolute atomic E-state index is 0.230. The lowest BCUT2D eigenvalue weighted by atomic mass is 10.1. The van der Waals surface area contributed by atoms with Crippen molar-refractivity contribution in [3.8, 4) is 11.5 Å². The molecule has 0 aliphatic carbocycles. The first-order chi connectivity index (χ1) is 9.33. The molecule has 1 fully saturated rings. The van der Waals surface area contributed by atoms with E-state index in [1.807, 2.05) is 19.1 Å². The highest BCUT2D eigenvalue weighted by Crippen LogP contribution is 2.31. The fraction of sp³-hybridized carbons (Fsp3) is 0.600. The Bertz CT molecular complexity index is 389. The molecule has 1 aliphatic heterocycles. The van der Waals surface area contributed by atoms with Gasteiger partial charge in [0.15, 0.2) is 11.5 Å². The Morgan fingerprint density at radius 1 is 1.26 bits per heavy atom. The van der Waals surface area contributed by atoms with Gasteiger partial charge in [-0.15, -0.1) is 0 Å². The normalized spacial score (nSPS) is 16.3. The molecule has 0 spiro atoms. The number of benzene rings is 1. The predicted molar refractivity (Wildman–Crippen MR) is 74.8 cm³/mol. The minimum atomic E-state index is 0.230. The van der Waals surface area contributed by atoms with Crippen molar-refractivity contribution in [3.05, 3.63) is 23.8 Å². The van der Waals surface area contributed by atoms with Crippen LogP contribution in [0.3, 0.4) is 0 Å². The van der Waals surface area contributed by atoms with E-state index >= 15 is 0 Å². The summed E-state index contributed by atoms with van der Waals surface area (Å²) < 4.78 is 17.0. The molecule has 0 atom stereocenters. The maximum atomic E-state index is 6.04. The van der Waals surface area contributed by atoms with Gasteiger partial charge in [-0.3, -0.25) is 0 Å². The van der Waals surface area contributed by atoms with E-state index in [1.165, 1.54) is 5.56 Å². The van der Waals surface area contributed by atoms with Gasteiger partial charge in [-0.2, -0.15) is 0 Å². The van der Waals surface area contributed by atoms with E-state index in [0.29, 0.717) is 13.2 Å². The zero-order chi connectivity index (χ0) is 13.5. The Kier molecular flexibility index (Phi) is 5.48. The molecule has 4 heteroatoms. The Balaban J connectivity index is 2.08. The number of rotatable bonds is 6. The molecule has 1 aromatic carbocycles. The van der Waals surface area contributed by atoms with E-state index in [4.69, 9.17) is 19.9 Å². The van der Waals surface area contributed by atoms with Crippen LogP contribution in [0.5, 0.6) is 11.5 Å². The van der Waals surface area contributed by atoms with Crippen molar-refractivity contribution in [2.75, 3.05) is 26.4 Å². The fourth-order valence-electron chi connectivity index (χ4n) is 2.21. The van der Waals surface area contributed by atoms with Crippen molar-refractivity contribution in [3.63, 3.8) is 0 Å². The van der Waals surface area contributed by atoms with Gasteiger partial charge in [0.25, 0.3) is 0 Å². The second-order valence-electron chi connectivity index (χ2n) is 4.68. The molecule has 0 saturated carbocycles. The average Bonchev–Trinajstić information content (AvgIpc) is 2.43. The van der Waals surface area contributed by atoms with E-state index in [2.05, 4.69) is 6.07 Å². The molecular weight excluding hydrogens is 242 g/mol. The topological polar surface area (TPSA) is 53.7 Å². The first-order valence-corrected chi connectivity index (χ1v) is 7.03. The molecule has 0 amide bonds. The van der Waals surface area contributed by atoms with Gasteiger partial charge in [-0.05, 0) is 37.6 Å². The Morgan fingerprint density at radius 2 is 2.05 bits per heavy atom. The van der Waals surface area contributed by atoms with E-state index in [1.54, 1.807) is 0 Å². The van der Waals surface area contributed by atoms with E-state index in [0.717, 1.165) is 44.0 Å². The van der Waals surface area contributed by atoms with E-state index < -0.39 is 0 Å². The minimum Gasteiger partial charge on any atom is -0.490 e. The average molecular weight is 265 g/mol. The lowest BCUT2D eigenvalue weighted by Crippen LogP contribution is -2.26. The summed E-state index contributed by atoms with van der Waals surface area (Å²) in [5.74, 6) is 1.65. The van der Waals surface area contributed by atoms with Crippen molar-refractivity contribution < 1.29 is 14.2 Å². The van der Waals surface area contributed by atoms with Gasteiger partial charge in [0.2, 0.25) is 0 Å². The summed E-state index contributed by atoms with van der Waals surface area (Å²) in [6, 6.07) is 6.08. The van der Waals surface area contributed by atoms with Crippen LogP contribution in [0.15, 0.2) is 18.2 Å². The van der Waals surface area contributed by atoms with Crippen LogP contribution in [-0.4, -0.2) is 32.5 Å². The standard InChI is InChI=1S/C15H23NO3/c1-2-18-15-11-12(5-8-16)3-4-14(15)19-13-6-9-17-10-7-13/h3-4,11,13H,2,5-10,16H2,1H3. The van der Waals surface area contributed by atoms with Crippen molar-refractivity contribution in [2.24, 2.45) is 5.73 Å². The Labute approximate surface area is 114 Å². The summed E-state index contributed by atoms with van der Waals surface area (Å²) in [6.45, 7) is 4.82. The molecule has 1 heterocycles. The first kappa shape index (κ1) is 14.2. The molecule has 1 saturated heterocycles. The molecule has 2 N–H and O–H groups in total. The van der Waals surface area contributed by atoms with Crippen molar-refractivity contribution in [1.82, 2.24) is 0 Å². The second-order valence-corrected chi connectivity index (χ2v) is 4.68. The zero-order valence-electron chi connectivity index (χ0n) is 11.6. The van der Waals surface area contributed by atoms with Crippen LogP contribution in [0.25, 0.3) is 0 Å². The predicted octanol–water partition coefficient (Wildman–Crippen LogP) is 2.14. The lowest BCUT2D eigenvalue weighted by Gasteiger charge is -2.24. The number of ether oxygens (including phenoxy) is 3. The lowest BCUT2D eigenvalue weighted by molar-refractivity contribution is 0.0243. The first-order valence-electron chi connectivity index (χ1n) is 7.03. The van der Waals surface area contributed by atoms with Crippen molar-refractivity contribution >= 4 is 0 Å². The van der Waals surface area contributed by atoms with Crippen LogP contribution >= 0.6 is 0 Å². The third-order valence-electron chi connectivity index (χ3n) is 3.20. The smallest absolute Gasteiger partial charge is 0.161 e. The van der Waals surface area contributed by atoms with Crippen LogP contribution in [-0.2, 0) is 11.2 Å². The van der Waals surface area contributed by atoms with Crippen molar-refractivity contribution in [2.45, 2.75) is 32.3 Å². The van der Waals surface area contributed by atoms with Crippen LogP contribution < -0.4 is 15.2 Å². The monoisotopic (exact) mass is 265 g/mol. The summed E-state index contributed by atoms with van der Waals surface area (Å²) in [4.78, 5) is 0. The molecule has 2 rings (SSSR count). The summed E-state index contributed by atoms with van der Waals surface area (Å²) in [7, 11) is 0. The molecule has 0 bridgehead atoms. The highest BCUT2D eigenvalue weighted by Gasteiger charge is 2.17. The third-order valence-corrected chi connectivity index (χ3v) is 3.20. The van der Waals surface area contributed by atoms with E-state index in [9.17, 15) is 0 Å². The highest BCUT2D eigenvalue weighted by molar-refractivity contribution is 5.43. The molecule has 0 aromatic heterocycles. The number of hydrogen-bond donors (Lipinski definition) is 1. The molecular formula is C15H23NO3. The highest BCUT2D eigenvalue weighted by atomic mass is 16.5. The maximum Gasteiger partial charge on any atom is 0.161 e. The molecule has 0 radical (unpaired) electrons. The molecule has 19 heavy (non-hydrogen) atoms. The molecule has 1 aliphatic rings. The molecule has 1 aromatic rings. The molecule has 4 nitrogen and oxygen atoms in total. The van der Waals surface area contributed by atoms with Gasteiger partial charge in [-0.1, -0.05) is 6.07 Å². The quantitative estimate of drug-likeness (QED) is 0.856. The fourth-order valence-corrected chi connectivity index (χ4v) is 2.21. The van der Waals surface area contributed by atoms with Crippen LogP contribution in [0.2, 0.25) is 0 Å². The van der Waals surface area contributed by atoms with Crippen LogP contribution in [0, 0.1) is 0 Å². The summed E-state index contributed by atoms with van der Waals surface area (Å²) in [6.07, 6.45) is 2.97. The number of nitrogens with two attached hydrogens (primary N) is 1. The summed E-state index contributed by atoms with van der Waals surface area (Å²) >= 11 is 0. The SMILES string of the molecule is CCOc1cc(CCN)ccc1OC1CCOCC1. The number of hydrogen-bond acceptors (Lipinski definition) is 4.